The highest BCUT2D eigenvalue weighted by Crippen LogP contribution is 2.34. The van der Waals surface area contributed by atoms with Gasteiger partial charge in [0, 0.05) is 23.0 Å². The Morgan fingerprint density at radius 3 is 2.79 bits per heavy atom. The summed E-state index contributed by atoms with van der Waals surface area (Å²) in [4.78, 5) is 15.8. The Morgan fingerprint density at radius 1 is 1.31 bits per heavy atom. The number of benzene rings is 2. The Morgan fingerprint density at radius 2 is 2.10 bits per heavy atom. The second kappa shape index (κ2) is 10.7. The number of esters is 1. The van der Waals surface area contributed by atoms with Crippen LogP contribution >= 0.6 is 0 Å². The quantitative estimate of drug-likeness (QED) is 0.270. The van der Waals surface area contributed by atoms with Gasteiger partial charge in [0.15, 0.2) is 0 Å². The minimum absolute atomic E-state index is 0.150. The summed E-state index contributed by atoms with van der Waals surface area (Å²) in [6.45, 7) is 4.06. The van der Waals surface area contributed by atoms with Gasteiger partial charge in [-0.2, -0.15) is 0 Å². The van der Waals surface area contributed by atoms with E-state index in [0.29, 0.717) is 34.7 Å². The third-order valence-corrected chi connectivity index (χ3v) is 3.84. The summed E-state index contributed by atoms with van der Waals surface area (Å²) in [5.74, 6) is -0.129. The van der Waals surface area contributed by atoms with E-state index >= 15 is 0 Å². The average Bonchev–Trinajstić information content (AvgIpc) is 2.75. The maximum atomic E-state index is 13.2. The van der Waals surface area contributed by atoms with Gasteiger partial charge in [-0.1, -0.05) is 18.7 Å². The Labute approximate surface area is 167 Å². The van der Waals surface area contributed by atoms with Crippen LogP contribution in [0.2, 0.25) is 0 Å². The van der Waals surface area contributed by atoms with Gasteiger partial charge in [-0.25, -0.2) is 13.6 Å². The predicted molar refractivity (Wildman–Crippen MR) is 108 cm³/mol. The van der Waals surface area contributed by atoms with Crippen LogP contribution in [0, 0.1) is 5.41 Å². The van der Waals surface area contributed by atoms with E-state index < -0.39 is 12.4 Å². The Balaban J connectivity index is 2.22. The highest BCUT2D eigenvalue weighted by Gasteiger charge is 2.15. The molecule has 0 bridgehead atoms. The number of hydrogen-bond donors (Lipinski definition) is 2. The molecule has 0 aliphatic carbocycles. The number of methoxy groups -OCH3 is 1. The lowest BCUT2D eigenvalue weighted by Gasteiger charge is -2.13. The second-order valence-electron chi connectivity index (χ2n) is 5.83. The number of carbonyl (C=O) groups is 1. The molecule has 0 saturated carbocycles. The molecule has 0 heterocycles. The summed E-state index contributed by atoms with van der Waals surface area (Å²) < 4.78 is 36.8. The minimum atomic E-state index is -2.63. The molecule has 0 unspecified atom stereocenters. The molecule has 2 aromatic carbocycles. The van der Waals surface area contributed by atoms with Crippen LogP contribution in [0.4, 0.5) is 8.78 Å². The van der Waals surface area contributed by atoms with Crippen molar-refractivity contribution in [2.45, 2.75) is 6.43 Å². The van der Waals surface area contributed by atoms with E-state index in [1.54, 1.807) is 24.3 Å². The van der Waals surface area contributed by atoms with Crippen LogP contribution in [-0.2, 0) is 4.74 Å². The molecule has 0 saturated heterocycles. The van der Waals surface area contributed by atoms with Crippen LogP contribution in [0.25, 0.3) is 11.1 Å². The van der Waals surface area contributed by atoms with E-state index in [9.17, 15) is 13.6 Å². The molecular weight excluding hydrogens is 380 g/mol. The first-order valence-electron chi connectivity index (χ1n) is 8.64. The fraction of sp³-hybridized carbons (Fsp3) is 0.190. The molecule has 0 fully saturated rings. The predicted octanol–water partition coefficient (Wildman–Crippen LogP) is 4.24. The van der Waals surface area contributed by atoms with Gasteiger partial charge in [-0.15, -0.1) is 0 Å². The molecule has 0 radical (unpaired) electrons. The SMILES string of the molecule is C=C(C=N)NC=NCCOc1ccc(C(F)F)cc1-c1cccc(C(=O)OC)c1. The highest BCUT2D eigenvalue weighted by atomic mass is 19.3. The topological polar surface area (TPSA) is 83.8 Å². The number of alkyl halides is 2. The number of rotatable bonds is 10. The van der Waals surface area contributed by atoms with E-state index in [0.717, 1.165) is 6.21 Å². The molecule has 6 nitrogen and oxygen atoms in total. The van der Waals surface area contributed by atoms with Gasteiger partial charge in [0.25, 0.3) is 6.43 Å². The molecule has 0 atom stereocenters. The molecule has 0 aliphatic heterocycles. The van der Waals surface area contributed by atoms with E-state index in [4.69, 9.17) is 14.9 Å². The number of nitrogens with zero attached hydrogens (tertiary/aromatic N) is 1. The number of hydrogen-bond acceptors (Lipinski definition) is 5. The molecule has 29 heavy (non-hydrogen) atoms. The first-order valence-corrected chi connectivity index (χ1v) is 8.64. The van der Waals surface area contributed by atoms with Crippen molar-refractivity contribution in [3.63, 3.8) is 0 Å². The smallest absolute Gasteiger partial charge is 0.337 e. The van der Waals surface area contributed by atoms with Crippen LogP contribution in [0.3, 0.4) is 0 Å². The van der Waals surface area contributed by atoms with Gasteiger partial charge in [-0.05, 0) is 35.9 Å². The van der Waals surface area contributed by atoms with Crippen LogP contribution < -0.4 is 10.1 Å². The molecule has 0 aliphatic rings. The molecule has 2 N–H and O–H groups in total. The van der Waals surface area contributed by atoms with Crippen molar-refractivity contribution in [2.24, 2.45) is 4.99 Å². The van der Waals surface area contributed by atoms with Crippen molar-refractivity contribution >= 4 is 18.5 Å². The first kappa shape index (κ1) is 21.7. The summed E-state index contributed by atoms with van der Waals surface area (Å²) >= 11 is 0. The normalized spacial score (nSPS) is 10.8. The molecule has 8 heteroatoms. The number of allylic oxidation sites excluding steroid dienone is 1. The maximum Gasteiger partial charge on any atom is 0.337 e. The van der Waals surface area contributed by atoms with Crippen molar-refractivity contribution in [3.8, 4) is 16.9 Å². The summed E-state index contributed by atoms with van der Waals surface area (Å²) in [5, 5.41) is 9.69. The standard InChI is InChI=1S/C21H21F2N3O3/c1-14(12-24)26-13-25-8-9-29-19-7-6-16(20(22)23)11-18(19)15-4-3-5-17(10-15)21(27)28-2/h3-7,10-13,20,24H,1,8-9H2,2H3,(H,25,26). The zero-order valence-corrected chi connectivity index (χ0v) is 15.8. The number of halogens is 2. The molecular formula is C21H21F2N3O3. The van der Waals surface area contributed by atoms with E-state index in [1.807, 2.05) is 0 Å². The summed E-state index contributed by atoms with van der Waals surface area (Å²) in [6, 6.07) is 10.6. The van der Waals surface area contributed by atoms with Crippen LogP contribution in [0.5, 0.6) is 5.75 Å². The third-order valence-electron chi connectivity index (χ3n) is 3.84. The zero-order chi connectivity index (χ0) is 21.2. The number of nitrogens with one attached hydrogen (secondary N) is 2. The fourth-order valence-electron chi connectivity index (χ4n) is 2.41. The number of carbonyl (C=O) groups excluding carboxylic acids is 1. The van der Waals surface area contributed by atoms with Crippen LogP contribution in [-0.4, -0.2) is 38.8 Å². The second-order valence-corrected chi connectivity index (χ2v) is 5.83. The maximum absolute atomic E-state index is 13.2. The van der Waals surface area contributed by atoms with Crippen LogP contribution in [0.15, 0.2) is 59.7 Å². The zero-order valence-electron chi connectivity index (χ0n) is 15.8. The van der Waals surface area contributed by atoms with Gasteiger partial charge in [-0.3, -0.25) is 4.99 Å². The Hall–Kier alpha value is -3.55. The van der Waals surface area contributed by atoms with Crippen molar-refractivity contribution in [3.05, 3.63) is 65.9 Å². The van der Waals surface area contributed by atoms with Crippen molar-refractivity contribution in [1.82, 2.24) is 5.32 Å². The monoisotopic (exact) mass is 401 g/mol. The van der Waals surface area contributed by atoms with Gasteiger partial charge in [0.2, 0.25) is 0 Å². The lowest BCUT2D eigenvalue weighted by molar-refractivity contribution is 0.0600. The average molecular weight is 401 g/mol. The fourth-order valence-corrected chi connectivity index (χ4v) is 2.41. The summed E-state index contributed by atoms with van der Waals surface area (Å²) in [7, 11) is 1.27. The molecule has 0 aromatic heterocycles. The Kier molecular flexibility index (Phi) is 8.02. The van der Waals surface area contributed by atoms with Gasteiger partial charge in [0.1, 0.15) is 12.4 Å². The minimum Gasteiger partial charge on any atom is -0.491 e. The summed E-state index contributed by atoms with van der Waals surface area (Å²) in [6.07, 6.45) is -0.177. The largest absolute Gasteiger partial charge is 0.491 e. The molecule has 0 amide bonds. The lowest BCUT2D eigenvalue weighted by atomic mass is 10.00. The first-order chi connectivity index (χ1) is 14.0. The van der Waals surface area contributed by atoms with Crippen LogP contribution in [0.1, 0.15) is 22.3 Å². The number of aliphatic imine (C=N–C) groups is 1. The van der Waals surface area contributed by atoms with Gasteiger partial charge in [0.05, 0.1) is 25.6 Å². The summed E-state index contributed by atoms with van der Waals surface area (Å²) in [5.41, 5.74) is 1.54. The molecule has 152 valence electrons. The third kappa shape index (κ3) is 6.24. The van der Waals surface area contributed by atoms with Gasteiger partial charge >= 0.3 is 5.97 Å². The van der Waals surface area contributed by atoms with Crippen molar-refractivity contribution < 1.29 is 23.0 Å². The molecule has 2 rings (SSSR count). The van der Waals surface area contributed by atoms with Crippen molar-refractivity contribution in [1.29, 1.82) is 5.41 Å². The number of ether oxygens (including phenoxy) is 2. The lowest BCUT2D eigenvalue weighted by Crippen LogP contribution is -2.11. The van der Waals surface area contributed by atoms with E-state index in [-0.39, 0.29) is 12.2 Å². The molecule has 2 aromatic rings. The highest BCUT2D eigenvalue weighted by molar-refractivity contribution is 5.91. The van der Waals surface area contributed by atoms with Crippen molar-refractivity contribution in [2.75, 3.05) is 20.3 Å². The Bertz CT molecular complexity index is 914. The van der Waals surface area contributed by atoms with E-state index in [1.165, 1.54) is 31.6 Å². The van der Waals surface area contributed by atoms with E-state index in [2.05, 4.69) is 16.9 Å². The molecule has 0 spiro atoms. The van der Waals surface area contributed by atoms with Gasteiger partial charge < -0.3 is 20.2 Å².